The normalized spacial score (nSPS) is 20.4. The number of thiazole rings is 1. The highest BCUT2D eigenvalue weighted by Gasteiger charge is 2.56. The molecule has 6 nitrogen and oxygen atoms in total. The van der Waals surface area contributed by atoms with Crippen LogP contribution in [-0.4, -0.2) is 22.0 Å². The van der Waals surface area contributed by atoms with Crippen molar-refractivity contribution in [1.29, 1.82) is 0 Å². The number of halogens is 3. The van der Waals surface area contributed by atoms with Crippen LogP contribution in [0, 0.1) is 11.7 Å². The third-order valence-corrected chi connectivity index (χ3v) is 9.63. The van der Waals surface area contributed by atoms with Gasteiger partial charge >= 0.3 is 4.87 Å². The number of nitrogens with zero attached hydrogens (tertiary/aromatic N) is 1. The van der Waals surface area contributed by atoms with E-state index < -0.39 is 34.7 Å². The Morgan fingerprint density at radius 2 is 1.82 bits per heavy atom. The molecule has 0 saturated carbocycles. The van der Waals surface area contributed by atoms with Gasteiger partial charge in [0.1, 0.15) is 23.4 Å². The second kappa shape index (κ2) is 10.00. The summed E-state index contributed by atoms with van der Waals surface area (Å²) in [5.41, 5.74) is 1.85. The Bertz CT molecular complexity index is 1640. The summed E-state index contributed by atoms with van der Waals surface area (Å²) in [6, 6.07) is 18.1. The van der Waals surface area contributed by atoms with E-state index in [-0.39, 0.29) is 11.5 Å². The Kier molecular flexibility index (Phi) is 6.67. The van der Waals surface area contributed by atoms with Gasteiger partial charge in [0.15, 0.2) is 0 Å². The molecule has 1 N–H and O–H groups in total. The Morgan fingerprint density at radius 3 is 2.58 bits per heavy atom. The number of fused-ring (bicyclic) bond motifs is 2. The molecule has 3 heterocycles. The van der Waals surface area contributed by atoms with Crippen molar-refractivity contribution < 1.29 is 18.7 Å². The van der Waals surface area contributed by atoms with Gasteiger partial charge in [-0.2, -0.15) is 0 Å². The quantitative estimate of drug-likeness (QED) is 0.259. The Morgan fingerprint density at radius 1 is 1.03 bits per heavy atom. The predicted octanol–water partition coefficient (Wildman–Crippen LogP) is 6.37. The molecule has 6 rings (SSSR count). The Hall–Kier alpha value is -2.92. The van der Waals surface area contributed by atoms with Gasteiger partial charge in [-0.25, -0.2) is 9.29 Å². The van der Waals surface area contributed by atoms with Gasteiger partial charge in [0.25, 0.3) is 0 Å². The molecule has 11 heteroatoms. The zero-order valence-electron chi connectivity index (χ0n) is 19.3. The Balaban J connectivity index is 1.45. The van der Waals surface area contributed by atoms with Crippen molar-refractivity contribution >= 4 is 68.1 Å². The van der Waals surface area contributed by atoms with Gasteiger partial charge in [-0.1, -0.05) is 62.8 Å². The van der Waals surface area contributed by atoms with Crippen LogP contribution in [0.4, 0.5) is 10.1 Å². The Labute approximate surface area is 237 Å². The summed E-state index contributed by atoms with van der Waals surface area (Å²) in [5, 5.41) is 0.385. The number of carbonyl (C=O) groups excluding carboxylic acids is 2. The van der Waals surface area contributed by atoms with Crippen molar-refractivity contribution in [3.63, 3.8) is 0 Å². The van der Waals surface area contributed by atoms with Crippen molar-refractivity contribution in [2.75, 3.05) is 4.90 Å². The number of carbonyl (C=O) groups is 2. The van der Waals surface area contributed by atoms with Crippen LogP contribution in [0.3, 0.4) is 0 Å². The van der Waals surface area contributed by atoms with Crippen LogP contribution in [0.5, 0.6) is 5.75 Å². The maximum absolute atomic E-state index is 13.9. The van der Waals surface area contributed by atoms with Crippen LogP contribution in [-0.2, 0) is 16.2 Å². The van der Waals surface area contributed by atoms with E-state index in [0.717, 1.165) is 26.3 Å². The summed E-state index contributed by atoms with van der Waals surface area (Å²) in [5.74, 6) is -2.16. The molecule has 2 amide bonds. The summed E-state index contributed by atoms with van der Waals surface area (Å²) in [6.45, 7) is 0.232. The molecule has 0 bridgehead atoms. The predicted molar refractivity (Wildman–Crippen MR) is 149 cm³/mol. The lowest BCUT2D eigenvalue weighted by Gasteiger charge is -2.31. The smallest absolute Gasteiger partial charge is 0.305 e. The van der Waals surface area contributed by atoms with E-state index in [0.29, 0.717) is 31.9 Å². The molecule has 0 radical (unpaired) electrons. The molecule has 1 fully saturated rings. The van der Waals surface area contributed by atoms with Crippen LogP contribution >= 0.6 is 50.6 Å². The topological polar surface area (TPSA) is 79.5 Å². The molecule has 0 aliphatic carbocycles. The first-order valence-corrected chi connectivity index (χ1v) is 14.4. The van der Waals surface area contributed by atoms with Crippen LogP contribution in [0.1, 0.15) is 21.9 Å². The number of aromatic nitrogens is 1. The fourth-order valence-electron chi connectivity index (χ4n) is 4.88. The highest BCUT2D eigenvalue weighted by molar-refractivity contribution is 9.10. The fourth-order valence-corrected chi connectivity index (χ4v) is 7.98. The molecule has 4 aromatic rings. The lowest BCUT2D eigenvalue weighted by molar-refractivity contribution is -0.122. The fraction of sp³-hybridized carbons (Fsp3) is 0.148. The number of imide groups is 1. The third-order valence-electron chi connectivity index (χ3n) is 6.50. The number of anilines is 1. The number of aromatic amines is 1. The van der Waals surface area contributed by atoms with Crippen LogP contribution in [0.15, 0.2) is 81.0 Å². The maximum Gasteiger partial charge on any atom is 0.305 e. The van der Waals surface area contributed by atoms with Crippen LogP contribution in [0.2, 0.25) is 5.02 Å². The lowest BCUT2D eigenvalue weighted by Crippen LogP contribution is -2.32. The second-order valence-corrected chi connectivity index (χ2v) is 12.4. The van der Waals surface area contributed by atoms with E-state index in [2.05, 4.69) is 20.9 Å². The van der Waals surface area contributed by atoms with E-state index in [1.807, 2.05) is 30.3 Å². The van der Waals surface area contributed by atoms with E-state index in [9.17, 15) is 18.8 Å². The van der Waals surface area contributed by atoms with Gasteiger partial charge in [-0.05, 0) is 60.2 Å². The molecular weight excluding hydrogens is 615 g/mol. The number of benzene rings is 3. The van der Waals surface area contributed by atoms with E-state index in [4.69, 9.17) is 16.3 Å². The van der Waals surface area contributed by atoms with Gasteiger partial charge in [0.05, 0.1) is 16.6 Å². The molecular formula is C27H17BrClFN2O4S2. The minimum atomic E-state index is -0.792. The summed E-state index contributed by atoms with van der Waals surface area (Å²) >= 11 is 11.9. The van der Waals surface area contributed by atoms with Crippen LogP contribution < -0.4 is 14.5 Å². The van der Waals surface area contributed by atoms with E-state index in [1.165, 1.54) is 36.0 Å². The average Bonchev–Trinajstić information content (AvgIpc) is 3.38. The standard InChI is InChI=1S/C27H17BrClFN2O4S2/c28-14-4-9-19(36-12-13-2-1-3-15(29)10-13)18(11-14)20-21-23(37-24-22(20)38-27(35)31-24)26(34)32(25(21)33)17-7-5-16(30)6-8-17/h1-11,20-21,23H,12H2,(H,31,35)/t20-,21-,23+/m0/s1. The number of nitrogens with one attached hydrogen (secondary N) is 1. The number of rotatable bonds is 5. The van der Waals surface area contributed by atoms with Gasteiger partial charge in [0, 0.05) is 25.9 Å². The van der Waals surface area contributed by atoms with Crippen LogP contribution in [0.25, 0.3) is 0 Å². The summed E-state index contributed by atoms with van der Waals surface area (Å²) in [4.78, 5) is 44.2. The maximum atomic E-state index is 13.9. The first-order valence-electron chi connectivity index (χ1n) is 11.5. The molecule has 38 heavy (non-hydrogen) atoms. The number of hydrogen-bond donors (Lipinski definition) is 1. The molecule has 2 aliphatic heterocycles. The second-order valence-electron chi connectivity index (χ2n) is 8.84. The number of thioether (sulfide) groups is 1. The van der Waals surface area contributed by atoms with E-state index in [1.54, 1.807) is 12.1 Å². The van der Waals surface area contributed by atoms with Gasteiger partial charge in [-0.15, -0.1) is 0 Å². The lowest BCUT2D eigenvalue weighted by atomic mass is 9.82. The molecule has 1 aromatic heterocycles. The zero-order valence-corrected chi connectivity index (χ0v) is 23.3. The number of hydrogen-bond acceptors (Lipinski definition) is 6. The van der Waals surface area contributed by atoms with Gasteiger partial charge in [-0.3, -0.25) is 14.4 Å². The largest absolute Gasteiger partial charge is 0.489 e. The number of amides is 2. The minimum absolute atomic E-state index is 0.232. The summed E-state index contributed by atoms with van der Waals surface area (Å²) < 4.78 is 20.6. The van der Waals surface area contributed by atoms with Crippen molar-refractivity contribution in [2.45, 2.75) is 22.8 Å². The minimum Gasteiger partial charge on any atom is -0.489 e. The average molecular weight is 632 g/mol. The zero-order chi connectivity index (χ0) is 26.6. The molecule has 1 saturated heterocycles. The molecule has 2 aliphatic rings. The monoisotopic (exact) mass is 630 g/mol. The van der Waals surface area contributed by atoms with E-state index >= 15 is 0 Å². The SMILES string of the molecule is O=C1[C@H]2[C@H](c3cc(Br)ccc3OCc3cccc(Cl)c3)c3sc(=O)[nH]c3S[C@H]2C(=O)N1c1ccc(F)cc1. The van der Waals surface area contributed by atoms with Gasteiger partial charge in [0.2, 0.25) is 11.8 Å². The molecule has 0 unspecified atom stereocenters. The molecule has 0 spiro atoms. The first kappa shape index (κ1) is 25.4. The van der Waals surface area contributed by atoms with Crippen molar-refractivity contribution in [3.05, 3.63) is 108 Å². The van der Waals surface area contributed by atoms with Crippen molar-refractivity contribution in [3.8, 4) is 5.75 Å². The van der Waals surface area contributed by atoms with Gasteiger partial charge < -0.3 is 9.72 Å². The molecule has 3 atom stereocenters. The first-order chi connectivity index (χ1) is 18.3. The van der Waals surface area contributed by atoms with Crippen molar-refractivity contribution in [1.82, 2.24) is 4.98 Å². The summed E-state index contributed by atoms with van der Waals surface area (Å²) in [6.07, 6.45) is 0. The molecule has 3 aromatic carbocycles. The third kappa shape index (κ3) is 4.49. The number of H-pyrrole nitrogens is 1. The summed E-state index contributed by atoms with van der Waals surface area (Å²) in [7, 11) is 0. The molecule has 192 valence electrons. The highest BCUT2D eigenvalue weighted by Crippen LogP contribution is 2.54. The highest BCUT2D eigenvalue weighted by atomic mass is 79.9. The number of ether oxygens (including phenoxy) is 1. The van der Waals surface area contributed by atoms with Crippen molar-refractivity contribution in [2.24, 2.45) is 5.92 Å².